The van der Waals surface area contributed by atoms with Gasteiger partial charge < -0.3 is 15.3 Å². The number of Topliss-reactive ketones (excluding diaryl/α,β-unsaturated/α-hetero) is 1. The highest BCUT2D eigenvalue weighted by Gasteiger charge is 2.39. The minimum atomic E-state index is -1.69. The van der Waals surface area contributed by atoms with Gasteiger partial charge >= 0.3 is 11.9 Å². The van der Waals surface area contributed by atoms with E-state index < -0.39 is 46.9 Å². The number of hydrogen-bond acceptors (Lipinski definition) is 6. The van der Waals surface area contributed by atoms with Gasteiger partial charge in [-0.3, -0.25) is 4.79 Å². The Morgan fingerprint density at radius 1 is 1.29 bits per heavy atom. The highest BCUT2D eigenvalue weighted by atomic mass is 16.4. The van der Waals surface area contributed by atoms with Crippen LogP contribution in [-0.4, -0.2) is 45.2 Å². The Hall–Kier alpha value is -2.35. The highest BCUT2D eigenvalue weighted by Crippen LogP contribution is 2.33. The third-order valence-corrected chi connectivity index (χ3v) is 4.20. The molecule has 8 heteroatoms. The van der Waals surface area contributed by atoms with Gasteiger partial charge in [0.1, 0.15) is 12.1 Å². The molecule has 1 aliphatic rings. The number of carboxylic acids is 2. The second kappa shape index (κ2) is 8.49. The molecule has 0 aromatic heterocycles. The maximum absolute atomic E-state index is 12.2. The molecule has 24 heavy (non-hydrogen) atoms. The number of aliphatic carboxylic acids is 2. The zero-order chi connectivity index (χ0) is 18.4. The maximum Gasteiger partial charge on any atom is 0.332 e. The molecule has 3 atom stereocenters. The molecule has 1 rings (SSSR count). The molecule has 0 aliphatic heterocycles. The van der Waals surface area contributed by atoms with Gasteiger partial charge in [0.05, 0.1) is 11.1 Å². The van der Waals surface area contributed by atoms with Gasteiger partial charge in [-0.2, -0.15) is 4.91 Å². The molecule has 8 nitrogen and oxygen atoms in total. The quantitative estimate of drug-likeness (QED) is 0.511. The second-order valence-electron chi connectivity index (χ2n) is 5.67. The summed E-state index contributed by atoms with van der Waals surface area (Å²) in [4.78, 5) is 46.6. The maximum atomic E-state index is 12.2. The molecule has 0 radical (unpaired) electrons. The average molecular weight is 339 g/mol. The van der Waals surface area contributed by atoms with Crippen molar-refractivity contribution >= 4 is 17.7 Å². The first-order valence-electron chi connectivity index (χ1n) is 7.66. The van der Waals surface area contributed by atoms with Gasteiger partial charge in [0.2, 0.25) is 0 Å². The molecule has 3 N–H and O–H groups in total. The predicted molar refractivity (Wildman–Crippen MR) is 84.3 cm³/mol. The predicted octanol–water partition coefficient (Wildman–Crippen LogP) is 1.67. The van der Waals surface area contributed by atoms with Crippen molar-refractivity contribution < 1.29 is 29.7 Å². The molecular weight excluding hydrogens is 318 g/mol. The van der Waals surface area contributed by atoms with Crippen molar-refractivity contribution in [1.82, 2.24) is 0 Å². The fourth-order valence-corrected chi connectivity index (χ4v) is 2.96. The van der Waals surface area contributed by atoms with Crippen LogP contribution >= 0.6 is 0 Å². The number of carbonyl (C=O) groups is 3. The number of rotatable bonds is 5. The summed E-state index contributed by atoms with van der Waals surface area (Å²) in [5.74, 6) is -4.82. The monoisotopic (exact) mass is 339 g/mol. The van der Waals surface area contributed by atoms with Crippen molar-refractivity contribution in [1.29, 1.82) is 0 Å². The van der Waals surface area contributed by atoms with Gasteiger partial charge in [0, 0.05) is 18.8 Å². The summed E-state index contributed by atoms with van der Waals surface area (Å²) < 4.78 is 0. The fourth-order valence-electron chi connectivity index (χ4n) is 2.96. The Bertz CT molecular complexity index is 606. The first kappa shape index (κ1) is 19.7. The lowest BCUT2D eigenvalue weighted by Gasteiger charge is -2.23. The van der Waals surface area contributed by atoms with Crippen molar-refractivity contribution in [3.05, 3.63) is 27.7 Å². The smallest absolute Gasteiger partial charge is 0.332 e. The van der Waals surface area contributed by atoms with Crippen LogP contribution in [-0.2, 0) is 14.4 Å². The standard InChI is InChI=1S/C16H21NO7/c1-3-5-9-13(16(22)23)10(15(20)21)6-8(4-2)11(17-24)7-12(18)14(9)19/h4,9,11,14,19H,3,5-7H2,1-2H3,(H,20,21)(H,22,23)/b8-4+,13-10-. The SMILES string of the molecule is C/C=C1\C/C(C(=O)O)=C(/C(=O)O)C(CCC)C(O)C(=O)CC1N=O. The molecule has 0 heterocycles. The van der Waals surface area contributed by atoms with Crippen molar-refractivity contribution in [2.45, 2.75) is 51.7 Å². The number of carbonyl (C=O) groups excluding carboxylic acids is 1. The van der Waals surface area contributed by atoms with Crippen LogP contribution in [0.5, 0.6) is 0 Å². The van der Waals surface area contributed by atoms with E-state index in [1.807, 2.05) is 0 Å². The topological polar surface area (TPSA) is 141 Å². The molecule has 0 aromatic rings. The fraction of sp³-hybridized carbons (Fsp3) is 0.562. The third-order valence-electron chi connectivity index (χ3n) is 4.20. The summed E-state index contributed by atoms with van der Waals surface area (Å²) >= 11 is 0. The van der Waals surface area contributed by atoms with E-state index in [0.29, 0.717) is 6.42 Å². The van der Waals surface area contributed by atoms with Crippen molar-refractivity contribution in [3.63, 3.8) is 0 Å². The summed E-state index contributed by atoms with van der Waals surface area (Å²) in [5.41, 5.74) is -0.675. The number of aliphatic hydroxyl groups is 1. The van der Waals surface area contributed by atoms with Crippen molar-refractivity contribution in [2.24, 2.45) is 11.1 Å². The van der Waals surface area contributed by atoms with E-state index >= 15 is 0 Å². The summed E-state index contributed by atoms with van der Waals surface area (Å²) in [6.45, 7) is 3.28. The zero-order valence-corrected chi connectivity index (χ0v) is 13.6. The first-order valence-corrected chi connectivity index (χ1v) is 7.66. The Labute approximate surface area is 138 Å². The summed E-state index contributed by atoms with van der Waals surface area (Å²) in [7, 11) is 0. The minimum absolute atomic E-state index is 0.135. The summed E-state index contributed by atoms with van der Waals surface area (Å²) in [5, 5.41) is 32.1. The average Bonchev–Trinajstić information content (AvgIpc) is 2.57. The van der Waals surface area contributed by atoms with Crippen LogP contribution in [0.3, 0.4) is 0 Å². The van der Waals surface area contributed by atoms with Gasteiger partial charge in [-0.15, -0.1) is 0 Å². The molecule has 0 fully saturated rings. The molecule has 0 spiro atoms. The molecule has 3 unspecified atom stereocenters. The molecule has 0 saturated heterocycles. The van der Waals surface area contributed by atoms with Gasteiger partial charge in [-0.25, -0.2) is 9.59 Å². The van der Waals surface area contributed by atoms with E-state index in [1.165, 1.54) is 6.08 Å². The lowest BCUT2D eigenvalue weighted by Crippen LogP contribution is -2.35. The van der Waals surface area contributed by atoms with Crippen LogP contribution in [0.15, 0.2) is 28.0 Å². The van der Waals surface area contributed by atoms with Crippen LogP contribution in [0.1, 0.15) is 39.5 Å². The first-order chi connectivity index (χ1) is 11.3. The lowest BCUT2D eigenvalue weighted by atomic mass is 9.83. The van der Waals surface area contributed by atoms with Crippen LogP contribution in [0.4, 0.5) is 0 Å². The van der Waals surface area contributed by atoms with Gasteiger partial charge in [-0.1, -0.05) is 24.6 Å². The van der Waals surface area contributed by atoms with E-state index in [0.717, 1.165) is 0 Å². The second-order valence-corrected chi connectivity index (χ2v) is 5.67. The Balaban J connectivity index is 3.67. The normalized spacial score (nSPS) is 30.4. The number of nitroso groups, excluding NO2 is 1. The number of nitrogens with zero attached hydrogens (tertiary/aromatic N) is 1. The molecule has 0 saturated carbocycles. The van der Waals surface area contributed by atoms with E-state index in [9.17, 15) is 34.6 Å². The Kier molecular flexibility index (Phi) is 6.97. The lowest BCUT2D eigenvalue weighted by molar-refractivity contribution is -0.138. The molecule has 0 aromatic carbocycles. The molecule has 0 amide bonds. The van der Waals surface area contributed by atoms with Crippen LogP contribution in [0.25, 0.3) is 0 Å². The summed E-state index contributed by atoms with van der Waals surface area (Å²) in [6, 6.07) is -1.12. The zero-order valence-electron chi connectivity index (χ0n) is 13.6. The Morgan fingerprint density at radius 3 is 2.33 bits per heavy atom. The largest absolute Gasteiger partial charge is 0.478 e. The Morgan fingerprint density at radius 2 is 1.92 bits per heavy atom. The molecule has 132 valence electrons. The van der Waals surface area contributed by atoms with Crippen LogP contribution in [0.2, 0.25) is 0 Å². The van der Waals surface area contributed by atoms with E-state index in [1.54, 1.807) is 13.8 Å². The van der Waals surface area contributed by atoms with E-state index in [2.05, 4.69) is 5.18 Å². The number of carboxylic acid groups (broad SMARTS) is 2. The molecular formula is C16H21NO7. The number of allylic oxidation sites excluding steroid dienone is 1. The van der Waals surface area contributed by atoms with Gasteiger partial charge in [-0.05, 0) is 18.9 Å². The van der Waals surface area contributed by atoms with Crippen molar-refractivity contribution in [3.8, 4) is 0 Å². The van der Waals surface area contributed by atoms with Crippen LogP contribution in [0, 0.1) is 10.8 Å². The van der Waals surface area contributed by atoms with E-state index in [4.69, 9.17) is 0 Å². The van der Waals surface area contributed by atoms with Gasteiger partial charge in [0.15, 0.2) is 5.78 Å². The van der Waals surface area contributed by atoms with Crippen LogP contribution < -0.4 is 0 Å². The number of aliphatic hydroxyl groups excluding tert-OH is 1. The van der Waals surface area contributed by atoms with Gasteiger partial charge in [0.25, 0.3) is 0 Å². The minimum Gasteiger partial charge on any atom is -0.478 e. The number of hydrogen-bond donors (Lipinski definition) is 3. The summed E-state index contributed by atoms with van der Waals surface area (Å²) in [6.07, 6.45) is -0.353. The molecule has 1 aliphatic carbocycles. The number of ketones is 1. The third kappa shape index (κ3) is 4.14. The molecule has 0 bridgehead atoms. The highest BCUT2D eigenvalue weighted by molar-refractivity contribution is 6.01. The van der Waals surface area contributed by atoms with E-state index in [-0.39, 0.29) is 24.8 Å². The van der Waals surface area contributed by atoms with Crippen molar-refractivity contribution in [2.75, 3.05) is 0 Å².